The third kappa shape index (κ3) is 3.68. The van der Waals surface area contributed by atoms with Gasteiger partial charge in [0.15, 0.2) is 5.69 Å². The van der Waals surface area contributed by atoms with Gasteiger partial charge < -0.3 is 24.6 Å². The van der Waals surface area contributed by atoms with Gasteiger partial charge in [0.25, 0.3) is 11.5 Å². The van der Waals surface area contributed by atoms with Crippen LogP contribution in [0.2, 0.25) is 0 Å². The lowest BCUT2D eigenvalue weighted by molar-refractivity contribution is 0.101. The van der Waals surface area contributed by atoms with Crippen LogP contribution < -0.4 is 20.5 Å². The summed E-state index contributed by atoms with van der Waals surface area (Å²) < 4.78 is 11.8. The predicted octanol–water partition coefficient (Wildman–Crippen LogP) is 2.11. The van der Waals surface area contributed by atoms with Gasteiger partial charge in [-0.3, -0.25) is 19.1 Å². The Hall–Kier alpha value is -5.18. The number of carbonyl (C=O) groups is 1. The number of nitriles is 1. The van der Waals surface area contributed by atoms with Crippen LogP contribution >= 0.6 is 0 Å². The number of carbonyl (C=O) groups excluding carboxylic acids is 1. The maximum absolute atomic E-state index is 12.9. The molecule has 0 aliphatic carbocycles. The lowest BCUT2D eigenvalue weighted by atomic mass is 9.94. The van der Waals surface area contributed by atoms with Crippen molar-refractivity contribution in [3.63, 3.8) is 0 Å². The molecule has 0 bridgehead atoms. The lowest BCUT2D eigenvalue weighted by Gasteiger charge is -2.31. The zero-order valence-electron chi connectivity index (χ0n) is 19.2. The third-order valence-electron chi connectivity index (χ3n) is 5.88. The Morgan fingerprint density at radius 3 is 2.92 bits per heavy atom. The molecule has 180 valence electrons. The van der Waals surface area contributed by atoms with E-state index in [-0.39, 0.29) is 18.2 Å². The van der Waals surface area contributed by atoms with Gasteiger partial charge in [0.1, 0.15) is 30.3 Å². The van der Waals surface area contributed by atoms with Gasteiger partial charge in [0.2, 0.25) is 11.7 Å². The van der Waals surface area contributed by atoms with Crippen LogP contribution in [0.1, 0.15) is 38.9 Å². The number of aromatic nitrogens is 4. The highest BCUT2D eigenvalue weighted by Crippen LogP contribution is 2.41. The summed E-state index contributed by atoms with van der Waals surface area (Å²) in [7, 11) is 3.08. The summed E-state index contributed by atoms with van der Waals surface area (Å²) in [6.45, 7) is 0.226. The van der Waals surface area contributed by atoms with Crippen LogP contribution in [-0.2, 0) is 13.7 Å². The molecule has 4 heterocycles. The number of benzene rings is 1. The van der Waals surface area contributed by atoms with Gasteiger partial charge in [-0.15, -0.1) is 0 Å². The molecule has 1 aliphatic heterocycles. The average molecular weight is 485 g/mol. The number of rotatable bonds is 4. The van der Waals surface area contributed by atoms with E-state index in [9.17, 15) is 20.0 Å². The molecule has 1 atom stereocenters. The number of amides is 1. The fraction of sp³-hybridized carbons (Fsp3) is 0.167. The molecule has 5 rings (SSSR count). The van der Waals surface area contributed by atoms with E-state index in [0.29, 0.717) is 22.6 Å². The van der Waals surface area contributed by atoms with Crippen LogP contribution in [0.25, 0.3) is 0 Å². The number of nitrogens with one attached hydrogen (secondary N) is 1. The molecular weight excluding hydrogens is 466 g/mol. The van der Waals surface area contributed by atoms with Crippen molar-refractivity contribution in [1.29, 1.82) is 5.26 Å². The van der Waals surface area contributed by atoms with E-state index in [1.807, 2.05) is 6.07 Å². The van der Waals surface area contributed by atoms with Crippen molar-refractivity contribution in [2.75, 3.05) is 17.3 Å². The molecule has 1 aromatic carbocycles. The second kappa shape index (κ2) is 8.88. The minimum absolute atomic E-state index is 0.0514. The number of ether oxygens (including phenoxy) is 1. The molecule has 3 aromatic heterocycles. The third-order valence-corrected chi connectivity index (χ3v) is 5.88. The van der Waals surface area contributed by atoms with Crippen LogP contribution in [-0.4, -0.2) is 37.8 Å². The summed E-state index contributed by atoms with van der Waals surface area (Å²) in [5.74, 6) is -1.11. The molecule has 12 heteroatoms. The maximum atomic E-state index is 12.9. The first kappa shape index (κ1) is 22.6. The molecular formula is C24H19N7O5. The fourth-order valence-corrected chi connectivity index (χ4v) is 4.16. The fourth-order valence-electron chi connectivity index (χ4n) is 4.16. The molecule has 1 amide bonds. The van der Waals surface area contributed by atoms with Gasteiger partial charge in [0, 0.05) is 31.4 Å². The second-order valence-electron chi connectivity index (χ2n) is 8.02. The normalized spacial score (nSPS) is 14.0. The highest BCUT2D eigenvalue weighted by atomic mass is 16.5. The smallest absolute Gasteiger partial charge is 0.297 e. The highest BCUT2D eigenvalue weighted by molar-refractivity contribution is 6.04. The Morgan fingerprint density at radius 2 is 2.17 bits per heavy atom. The van der Waals surface area contributed by atoms with E-state index in [0.717, 1.165) is 10.1 Å². The largest absolute Gasteiger partial charge is 0.501 e. The van der Waals surface area contributed by atoms with Crippen LogP contribution in [0.3, 0.4) is 0 Å². The van der Waals surface area contributed by atoms with Crippen LogP contribution in [0, 0.1) is 11.3 Å². The van der Waals surface area contributed by atoms with Crippen molar-refractivity contribution in [3.8, 4) is 17.6 Å². The maximum Gasteiger partial charge on any atom is 0.297 e. The molecule has 0 fully saturated rings. The standard InChI is InChI=1S/C24H19N7O5/c1-30(24-29-19(21(32)23(34)31(24)2)22(33)28-15-10-27-36-12-15)20-17-13(9-25)5-3-7-16(17)35-11-14-6-4-8-26-18(14)20/h3-8,10,12,20,32H,11H2,1-2H3,(H,28,33). The molecule has 0 saturated carbocycles. The summed E-state index contributed by atoms with van der Waals surface area (Å²) in [6, 6.07) is 10.3. The number of nitrogens with zero attached hydrogens (tertiary/aromatic N) is 6. The first-order valence-electron chi connectivity index (χ1n) is 10.7. The van der Waals surface area contributed by atoms with E-state index >= 15 is 0 Å². The minimum Gasteiger partial charge on any atom is -0.501 e. The van der Waals surface area contributed by atoms with Crippen molar-refractivity contribution in [2.45, 2.75) is 12.6 Å². The second-order valence-corrected chi connectivity index (χ2v) is 8.02. The number of fused-ring (bicyclic) bond motifs is 2. The van der Waals surface area contributed by atoms with Crippen molar-refractivity contribution in [3.05, 3.63) is 87.4 Å². The molecule has 0 radical (unpaired) electrons. The van der Waals surface area contributed by atoms with Crippen molar-refractivity contribution in [1.82, 2.24) is 19.7 Å². The predicted molar refractivity (Wildman–Crippen MR) is 126 cm³/mol. The van der Waals surface area contributed by atoms with E-state index < -0.39 is 29.0 Å². The van der Waals surface area contributed by atoms with Crippen LogP contribution in [0.4, 0.5) is 11.6 Å². The summed E-state index contributed by atoms with van der Waals surface area (Å²) in [5, 5.41) is 26.3. The first-order valence-corrected chi connectivity index (χ1v) is 10.7. The SMILES string of the molecule is CN(c1nc(C(=O)Nc2cnoc2)c(O)c(=O)n1C)C1c2ncccc2COc2cccc(C#N)c21. The molecule has 0 saturated heterocycles. The van der Waals surface area contributed by atoms with E-state index in [2.05, 4.69) is 26.5 Å². The first-order chi connectivity index (χ1) is 17.4. The number of pyridine rings is 1. The quantitative estimate of drug-likeness (QED) is 0.438. The molecule has 12 nitrogen and oxygen atoms in total. The van der Waals surface area contributed by atoms with E-state index in [1.54, 1.807) is 42.4 Å². The molecule has 1 unspecified atom stereocenters. The summed E-state index contributed by atoms with van der Waals surface area (Å²) in [6.07, 6.45) is 4.08. The molecule has 1 aliphatic rings. The van der Waals surface area contributed by atoms with Crippen LogP contribution in [0.5, 0.6) is 11.5 Å². The zero-order chi connectivity index (χ0) is 25.4. The topological polar surface area (TPSA) is 159 Å². The summed E-state index contributed by atoms with van der Waals surface area (Å²) in [5.41, 5.74) is 1.18. The molecule has 0 spiro atoms. The monoisotopic (exact) mass is 485 g/mol. The van der Waals surface area contributed by atoms with Crippen LogP contribution in [0.15, 0.2) is 58.3 Å². The van der Waals surface area contributed by atoms with Crippen molar-refractivity contribution >= 4 is 17.5 Å². The Labute approximate surface area is 204 Å². The Balaban J connectivity index is 1.69. The van der Waals surface area contributed by atoms with E-state index in [1.165, 1.54) is 19.5 Å². The lowest BCUT2D eigenvalue weighted by Crippen LogP contribution is -2.35. The van der Waals surface area contributed by atoms with Gasteiger partial charge in [-0.25, -0.2) is 4.98 Å². The van der Waals surface area contributed by atoms with Crippen molar-refractivity contribution in [2.24, 2.45) is 7.05 Å². The number of anilines is 2. The highest BCUT2D eigenvalue weighted by Gasteiger charge is 2.34. The average Bonchev–Trinajstić information content (AvgIpc) is 3.33. The minimum atomic E-state index is -0.831. The zero-order valence-corrected chi connectivity index (χ0v) is 19.2. The van der Waals surface area contributed by atoms with Gasteiger partial charge >= 0.3 is 0 Å². The number of hydrogen-bond acceptors (Lipinski definition) is 10. The number of hydrogen-bond donors (Lipinski definition) is 2. The van der Waals surface area contributed by atoms with Crippen molar-refractivity contribution < 1.29 is 19.2 Å². The van der Waals surface area contributed by atoms with Gasteiger partial charge in [-0.1, -0.05) is 17.3 Å². The number of aromatic hydroxyl groups is 1. The molecule has 2 N–H and O–H groups in total. The van der Waals surface area contributed by atoms with Gasteiger partial charge in [0.05, 0.1) is 23.5 Å². The Kier molecular flexibility index (Phi) is 5.57. The Bertz CT molecular complexity index is 1570. The van der Waals surface area contributed by atoms with Gasteiger partial charge in [-0.2, -0.15) is 5.26 Å². The molecule has 4 aromatic rings. The summed E-state index contributed by atoms with van der Waals surface area (Å²) >= 11 is 0. The Morgan fingerprint density at radius 1 is 1.33 bits per heavy atom. The van der Waals surface area contributed by atoms with Gasteiger partial charge in [-0.05, 0) is 18.2 Å². The van der Waals surface area contributed by atoms with E-state index in [4.69, 9.17) is 9.26 Å². The molecule has 36 heavy (non-hydrogen) atoms. The summed E-state index contributed by atoms with van der Waals surface area (Å²) in [4.78, 5) is 36.3.